The van der Waals surface area contributed by atoms with Crippen molar-refractivity contribution in [3.63, 3.8) is 0 Å². The summed E-state index contributed by atoms with van der Waals surface area (Å²) < 4.78 is 5.16. The summed E-state index contributed by atoms with van der Waals surface area (Å²) in [6.07, 6.45) is 2.61. The van der Waals surface area contributed by atoms with Crippen LogP contribution in [0.25, 0.3) is 0 Å². The maximum atomic E-state index is 5.16. The van der Waals surface area contributed by atoms with Crippen LogP contribution in [0.5, 0.6) is 5.75 Å². The minimum absolute atomic E-state index is 0.758. The van der Waals surface area contributed by atoms with Crippen LogP contribution in [0.1, 0.15) is 18.4 Å². The first-order valence-corrected chi connectivity index (χ1v) is 6.73. The number of nitrogens with zero attached hydrogens (tertiary/aromatic N) is 2. The van der Waals surface area contributed by atoms with Crippen LogP contribution in [-0.4, -0.2) is 37.4 Å². The van der Waals surface area contributed by atoms with Crippen LogP contribution in [0.2, 0.25) is 0 Å². The molecule has 3 heteroatoms. The molecule has 0 aliphatic carbocycles. The zero-order chi connectivity index (χ0) is 12.4. The van der Waals surface area contributed by atoms with Crippen molar-refractivity contribution in [1.82, 2.24) is 4.90 Å². The van der Waals surface area contributed by atoms with Gasteiger partial charge in [0, 0.05) is 18.2 Å². The van der Waals surface area contributed by atoms with Crippen molar-refractivity contribution in [3.8, 4) is 5.75 Å². The molecule has 0 N–H and O–H groups in total. The zero-order valence-electron chi connectivity index (χ0n) is 10.9. The maximum absolute atomic E-state index is 5.16. The second kappa shape index (κ2) is 5.11. The molecule has 18 heavy (non-hydrogen) atoms. The summed E-state index contributed by atoms with van der Waals surface area (Å²) in [4.78, 5) is 7.35. The molecule has 0 atom stereocenters. The number of ether oxygens (including phenoxy) is 1. The Kier molecular flexibility index (Phi) is 3.33. The van der Waals surface area contributed by atoms with Crippen LogP contribution in [-0.2, 0) is 6.54 Å². The molecule has 0 saturated carbocycles. The number of benzene rings is 1. The summed E-state index contributed by atoms with van der Waals surface area (Å²) in [7, 11) is 1.70. The van der Waals surface area contributed by atoms with E-state index in [-0.39, 0.29) is 0 Å². The third-order valence-corrected chi connectivity index (χ3v) is 4.07. The minimum atomic E-state index is 0.758. The molecule has 1 aromatic carbocycles. The third kappa shape index (κ3) is 2.41. The Morgan fingerprint density at radius 1 is 1.22 bits per heavy atom. The highest BCUT2D eigenvalue weighted by molar-refractivity contribution is 5.90. The zero-order valence-corrected chi connectivity index (χ0v) is 10.9. The fraction of sp³-hybridized carbons (Fsp3) is 0.533. The molecule has 3 aliphatic rings. The lowest BCUT2D eigenvalue weighted by molar-refractivity contribution is 0.200. The molecular formula is C15H20N2O. The summed E-state index contributed by atoms with van der Waals surface area (Å²) in [6, 6.07) is 8.21. The molecule has 3 heterocycles. The predicted octanol–water partition coefficient (Wildman–Crippen LogP) is 2.36. The van der Waals surface area contributed by atoms with Gasteiger partial charge >= 0.3 is 0 Å². The average molecular weight is 244 g/mol. The first-order chi connectivity index (χ1) is 8.85. The van der Waals surface area contributed by atoms with E-state index in [1.165, 1.54) is 37.2 Å². The van der Waals surface area contributed by atoms with Gasteiger partial charge in [0.05, 0.1) is 13.7 Å². The minimum Gasteiger partial charge on any atom is -0.497 e. The first-order valence-electron chi connectivity index (χ1n) is 6.73. The predicted molar refractivity (Wildman–Crippen MR) is 73.3 cm³/mol. The van der Waals surface area contributed by atoms with Gasteiger partial charge in [-0.2, -0.15) is 0 Å². The van der Waals surface area contributed by atoms with Crippen LogP contribution in [0.3, 0.4) is 0 Å². The Morgan fingerprint density at radius 3 is 2.50 bits per heavy atom. The lowest BCUT2D eigenvalue weighted by atomic mass is 9.86. The van der Waals surface area contributed by atoms with E-state index < -0.39 is 0 Å². The highest BCUT2D eigenvalue weighted by Crippen LogP contribution is 2.25. The number of rotatable bonds is 3. The van der Waals surface area contributed by atoms with Gasteiger partial charge in [-0.05, 0) is 43.6 Å². The van der Waals surface area contributed by atoms with E-state index in [0.717, 1.165) is 24.8 Å². The van der Waals surface area contributed by atoms with Crippen molar-refractivity contribution in [2.75, 3.05) is 26.7 Å². The second-order valence-corrected chi connectivity index (χ2v) is 5.21. The van der Waals surface area contributed by atoms with Crippen molar-refractivity contribution in [2.24, 2.45) is 10.9 Å². The van der Waals surface area contributed by atoms with E-state index in [1.54, 1.807) is 7.11 Å². The van der Waals surface area contributed by atoms with Crippen LogP contribution in [0, 0.1) is 5.92 Å². The Hall–Kier alpha value is -1.35. The van der Waals surface area contributed by atoms with Crippen molar-refractivity contribution in [1.29, 1.82) is 0 Å². The molecule has 0 spiro atoms. The van der Waals surface area contributed by atoms with Crippen LogP contribution in [0.15, 0.2) is 29.3 Å². The average Bonchev–Trinajstić information content (AvgIpc) is 2.47. The molecular weight excluding hydrogens is 224 g/mol. The molecule has 3 saturated heterocycles. The van der Waals surface area contributed by atoms with E-state index in [9.17, 15) is 0 Å². The fourth-order valence-electron chi connectivity index (χ4n) is 2.89. The number of aliphatic imine (C=N–C) groups is 1. The Labute approximate surface area is 108 Å². The molecule has 96 valence electrons. The summed E-state index contributed by atoms with van der Waals surface area (Å²) in [6.45, 7) is 4.45. The number of fused-ring (bicyclic) bond motifs is 3. The summed E-state index contributed by atoms with van der Waals surface area (Å²) in [5.74, 6) is 1.67. The third-order valence-electron chi connectivity index (χ3n) is 4.07. The second-order valence-electron chi connectivity index (χ2n) is 5.21. The summed E-state index contributed by atoms with van der Waals surface area (Å²) in [5, 5.41) is 0. The van der Waals surface area contributed by atoms with Gasteiger partial charge in [0.2, 0.25) is 0 Å². The first kappa shape index (κ1) is 11.7. The SMILES string of the molecule is COc1ccc(C/N=C2/CN3CCC2CC3)cc1. The topological polar surface area (TPSA) is 24.8 Å². The highest BCUT2D eigenvalue weighted by Gasteiger charge is 2.30. The van der Waals surface area contributed by atoms with E-state index in [0.29, 0.717) is 0 Å². The molecule has 1 aromatic rings. The van der Waals surface area contributed by atoms with Gasteiger partial charge in [-0.25, -0.2) is 0 Å². The van der Waals surface area contributed by atoms with Crippen molar-refractivity contribution >= 4 is 5.71 Å². The molecule has 3 fully saturated rings. The van der Waals surface area contributed by atoms with Gasteiger partial charge in [0.25, 0.3) is 0 Å². The van der Waals surface area contributed by atoms with Gasteiger partial charge in [0.1, 0.15) is 5.75 Å². The van der Waals surface area contributed by atoms with E-state index in [2.05, 4.69) is 17.0 Å². The van der Waals surface area contributed by atoms with Gasteiger partial charge in [-0.1, -0.05) is 12.1 Å². The molecule has 0 unspecified atom stereocenters. The summed E-state index contributed by atoms with van der Waals surface area (Å²) in [5.41, 5.74) is 2.68. The number of hydrogen-bond acceptors (Lipinski definition) is 3. The lowest BCUT2D eigenvalue weighted by Crippen LogP contribution is -2.47. The standard InChI is InChI=1S/C15H20N2O/c1-18-14-4-2-12(3-5-14)10-16-15-11-17-8-6-13(15)7-9-17/h2-5,13H,6-11H2,1H3/b16-15-. The van der Waals surface area contributed by atoms with Gasteiger partial charge < -0.3 is 4.74 Å². The largest absolute Gasteiger partial charge is 0.497 e. The van der Waals surface area contributed by atoms with Crippen molar-refractivity contribution < 1.29 is 4.74 Å². The van der Waals surface area contributed by atoms with Gasteiger partial charge in [0.15, 0.2) is 0 Å². The maximum Gasteiger partial charge on any atom is 0.118 e. The molecule has 3 nitrogen and oxygen atoms in total. The number of hydrogen-bond donors (Lipinski definition) is 0. The van der Waals surface area contributed by atoms with Crippen LogP contribution >= 0.6 is 0 Å². The van der Waals surface area contributed by atoms with Gasteiger partial charge in [-0.3, -0.25) is 9.89 Å². The Balaban J connectivity index is 1.66. The van der Waals surface area contributed by atoms with E-state index in [4.69, 9.17) is 9.73 Å². The van der Waals surface area contributed by atoms with E-state index in [1.807, 2.05) is 12.1 Å². The molecule has 0 aromatic heterocycles. The van der Waals surface area contributed by atoms with Crippen LogP contribution in [0.4, 0.5) is 0 Å². The lowest BCUT2D eigenvalue weighted by Gasteiger charge is -2.40. The Morgan fingerprint density at radius 2 is 1.94 bits per heavy atom. The summed E-state index contributed by atoms with van der Waals surface area (Å²) >= 11 is 0. The van der Waals surface area contributed by atoms with Gasteiger partial charge in [-0.15, -0.1) is 0 Å². The van der Waals surface area contributed by atoms with E-state index >= 15 is 0 Å². The van der Waals surface area contributed by atoms with Crippen molar-refractivity contribution in [3.05, 3.63) is 29.8 Å². The normalized spacial score (nSPS) is 28.6. The number of methoxy groups -OCH3 is 1. The molecule has 0 amide bonds. The fourth-order valence-corrected chi connectivity index (χ4v) is 2.89. The molecule has 4 rings (SSSR count). The molecule has 3 aliphatic heterocycles. The number of piperidine rings is 3. The highest BCUT2D eigenvalue weighted by atomic mass is 16.5. The molecule has 0 radical (unpaired) electrons. The quantitative estimate of drug-likeness (QED) is 0.815. The Bertz CT molecular complexity index is 430. The van der Waals surface area contributed by atoms with Crippen molar-refractivity contribution in [2.45, 2.75) is 19.4 Å². The molecule has 2 bridgehead atoms. The van der Waals surface area contributed by atoms with Crippen LogP contribution < -0.4 is 4.74 Å². The smallest absolute Gasteiger partial charge is 0.118 e. The monoisotopic (exact) mass is 244 g/mol.